The molecule has 1 aliphatic rings. The highest BCUT2D eigenvalue weighted by molar-refractivity contribution is 14.0. The van der Waals surface area contributed by atoms with Crippen LogP contribution >= 0.6 is 35.3 Å². The third kappa shape index (κ3) is 6.19. The molecule has 0 saturated carbocycles. The van der Waals surface area contributed by atoms with Gasteiger partial charge in [-0.3, -0.25) is 9.79 Å². The first-order valence-corrected chi connectivity index (χ1v) is 9.13. The Kier molecular flexibility index (Phi) is 9.57. The molecule has 6 nitrogen and oxygen atoms in total. The molecule has 2 N–H and O–H groups in total. The fourth-order valence-corrected chi connectivity index (χ4v) is 3.55. The van der Waals surface area contributed by atoms with Crippen LogP contribution in [-0.2, 0) is 17.8 Å². The first-order valence-electron chi connectivity index (χ1n) is 8.25. The van der Waals surface area contributed by atoms with E-state index in [1.54, 1.807) is 18.4 Å². The summed E-state index contributed by atoms with van der Waals surface area (Å²) >= 11 is 1.71. The van der Waals surface area contributed by atoms with Crippen molar-refractivity contribution in [3.05, 3.63) is 16.1 Å². The maximum absolute atomic E-state index is 11.5. The second-order valence-electron chi connectivity index (χ2n) is 5.79. The number of hydrogen-bond acceptors (Lipinski definition) is 4. The molecule has 0 radical (unpaired) electrons. The molecule has 2 rings (SSSR count). The van der Waals surface area contributed by atoms with E-state index < -0.39 is 0 Å². The van der Waals surface area contributed by atoms with Crippen molar-refractivity contribution in [2.24, 2.45) is 10.9 Å². The lowest BCUT2D eigenvalue weighted by molar-refractivity contribution is -0.121. The van der Waals surface area contributed by atoms with Crippen molar-refractivity contribution >= 4 is 47.2 Å². The van der Waals surface area contributed by atoms with E-state index >= 15 is 0 Å². The standard InChI is InChI=1S/C16H27N5OS.HI/c1-4-15-20-13(11-23-15)10-19-16(18-3)21-7-5-12(6-8-21)9-14(22)17-2;/h11-12H,4-10H2,1-3H3,(H,17,22)(H,18,19);1H. The fourth-order valence-electron chi connectivity index (χ4n) is 2.81. The minimum Gasteiger partial charge on any atom is -0.359 e. The third-order valence-corrected chi connectivity index (χ3v) is 5.25. The number of aliphatic imine (C=N–C) groups is 1. The van der Waals surface area contributed by atoms with E-state index in [1.165, 1.54) is 5.01 Å². The molecule has 2 heterocycles. The van der Waals surface area contributed by atoms with Crippen LogP contribution in [0.3, 0.4) is 0 Å². The lowest BCUT2D eigenvalue weighted by atomic mass is 9.93. The zero-order valence-electron chi connectivity index (χ0n) is 14.7. The van der Waals surface area contributed by atoms with Gasteiger partial charge >= 0.3 is 0 Å². The molecule has 8 heteroatoms. The van der Waals surface area contributed by atoms with Crippen LogP contribution in [0.15, 0.2) is 10.4 Å². The van der Waals surface area contributed by atoms with Crippen LogP contribution in [0.1, 0.15) is 36.9 Å². The monoisotopic (exact) mass is 465 g/mol. The molecule has 136 valence electrons. The summed E-state index contributed by atoms with van der Waals surface area (Å²) in [5.41, 5.74) is 1.07. The second-order valence-corrected chi connectivity index (χ2v) is 6.74. The van der Waals surface area contributed by atoms with Gasteiger partial charge in [0.2, 0.25) is 5.91 Å². The van der Waals surface area contributed by atoms with Gasteiger partial charge < -0.3 is 15.5 Å². The zero-order valence-corrected chi connectivity index (χ0v) is 17.8. The van der Waals surface area contributed by atoms with Gasteiger partial charge in [-0.25, -0.2) is 4.98 Å². The van der Waals surface area contributed by atoms with Crippen molar-refractivity contribution in [2.75, 3.05) is 27.2 Å². The number of thiazole rings is 1. The summed E-state index contributed by atoms with van der Waals surface area (Å²) in [5.74, 6) is 1.55. The van der Waals surface area contributed by atoms with Gasteiger partial charge in [0.25, 0.3) is 0 Å². The maximum Gasteiger partial charge on any atom is 0.220 e. The number of amides is 1. The Balaban J connectivity index is 0.00000288. The Hall–Kier alpha value is -0.900. The van der Waals surface area contributed by atoms with Gasteiger partial charge in [-0.05, 0) is 25.2 Å². The van der Waals surface area contributed by atoms with Gasteiger partial charge in [0.1, 0.15) is 0 Å². The summed E-state index contributed by atoms with van der Waals surface area (Å²) in [6.45, 7) is 4.72. The van der Waals surface area contributed by atoms with Crippen molar-refractivity contribution < 1.29 is 4.79 Å². The highest BCUT2D eigenvalue weighted by atomic mass is 127. The molecule has 0 aliphatic carbocycles. The van der Waals surface area contributed by atoms with E-state index in [0.29, 0.717) is 18.9 Å². The maximum atomic E-state index is 11.5. The summed E-state index contributed by atoms with van der Waals surface area (Å²) in [6, 6.07) is 0. The van der Waals surface area contributed by atoms with Gasteiger partial charge in [-0.1, -0.05) is 6.92 Å². The lowest BCUT2D eigenvalue weighted by Crippen LogP contribution is -2.45. The number of piperidine rings is 1. The number of likely N-dealkylation sites (tertiary alicyclic amines) is 1. The number of hydrogen-bond donors (Lipinski definition) is 2. The molecule has 1 amide bonds. The average molecular weight is 465 g/mol. The number of aryl methyl sites for hydroxylation is 1. The third-order valence-electron chi connectivity index (χ3n) is 4.21. The van der Waals surface area contributed by atoms with Crippen LogP contribution in [0.25, 0.3) is 0 Å². The number of nitrogens with one attached hydrogen (secondary N) is 2. The van der Waals surface area contributed by atoms with Crippen molar-refractivity contribution in [3.8, 4) is 0 Å². The molecule has 0 atom stereocenters. The van der Waals surface area contributed by atoms with E-state index in [0.717, 1.165) is 44.0 Å². The highest BCUT2D eigenvalue weighted by Crippen LogP contribution is 2.20. The smallest absolute Gasteiger partial charge is 0.220 e. The Morgan fingerprint density at radius 2 is 2.17 bits per heavy atom. The Morgan fingerprint density at radius 1 is 1.46 bits per heavy atom. The Labute approximate surface area is 165 Å². The van der Waals surface area contributed by atoms with Crippen LogP contribution in [0.2, 0.25) is 0 Å². The van der Waals surface area contributed by atoms with Crippen LogP contribution in [0, 0.1) is 5.92 Å². The molecule has 24 heavy (non-hydrogen) atoms. The molecule has 1 saturated heterocycles. The predicted molar refractivity (Wildman–Crippen MR) is 110 cm³/mol. The number of nitrogens with zero attached hydrogens (tertiary/aromatic N) is 3. The molecule has 1 fully saturated rings. The molecule has 1 aromatic heterocycles. The number of halogens is 1. The molecular weight excluding hydrogens is 437 g/mol. The van der Waals surface area contributed by atoms with Crippen molar-refractivity contribution in [1.29, 1.82) is 0 Å². The van der Waals surface area contributed by atoms with Gasteiger partial charge in [-0.2, -0.15) is 0 Å². The van der Waals surface area contributed by atoms with Gasteiger partial charge in [-0.15, -0.1) is 35.3 Å². The van der Waals surface area contributed by atoms with Crippen molar-refractivity contribution in [1.82, 2.24) is 20.5 Å². The topological polar surface area (TPSA) is 69.6 Å². The quantitative estimate of drug-likeness (QED) is 0.398. The minimum atomic E-state index is 0. The van der Waals surface area contributed by atoms with Crippen LogP contribution in [0.5, 0.6) is 0 Å². The van der Waals surface area contributed by atoms with Gasteiger partial charge in [0.15, 0.2) is 5.96 Å². The van der Waals surface area contributed by atoms with E-state index in [-0.39, 0.29) is 29.9 Å². The SMILES string of the molecule is CCc1nc(CNC(=NC)N2CCC(CC(=O)NC)CC2)cs1.I. The summed E-state index contributed by atoms with van der Waals surface area (Å²) in [5, 5.41) is 9.39. The summed E-state index contributed by atoms with van der Waals surface area (Å²) < 4.78 is 0. The Morgan fingerprint density at radius 3 is 2.71 bits per heavy atom. The first-order chi connectivity index (χ1) is 11.2. The molecule has 1 aliphatic heterocycles. The molecular formula is C16H28IN5OS. The second kappa shape index (κ2) is 10.9. The average Bonchev–Trinajstić information content (AvgIpc) is 3.04. The molecule has 0 unspecified atom stereocenters. The van der Waals surface area contributed by atoms with Crippen LogP contribution in [-0.4, -0.2) is 48.9 Å². The fraction of sp³-hybridized carbons (Fsp3) is 0.688. The van der Waals surface area contributed by atoms with Crippen molar-refractivity contribution in [3.63, 3.8) is 0 Å². The number of aromatic nitrogens is 1. The van der Waals surface area contributed by atoms with E-state index in [4.69, 9.17) is 0 Å². The lowest BCUT2D eigenvalue weighted by Gasteiger charge is -2.34. The number of carbonyl (C=O) groups excluding carboxylic acids is 1. The Bertz CT molecular complexity index is 540. The van der Waals surface area contributed by atoms with Gasteiger partial charge in [0, 0.05) is 39.0 Å². The van der Waals surface area contributed by atoms with E-state index in [1.807, 2.05) is 7.05 Å². The number of rotatable bonds is 5. The summed E-state index contributed by atoms with van der Waals surface area (Å²) in [6.07, 6.45) is 3.68. The van der Waals surface area contributed by atoms with Crippen molar-refractivity contribution in [2.45, 2.75) is 39.2 Å². The van der Waals surface area contributed by atoms with Gasteiger partial charge in [0.05, 0.1) is 17.2 Å². The normalized spacial score (nSPS) is 15.8. The molecule has 1 aromatic rings. The van der Waals surface area contributed by atoms with E-state index in [9.17, 15) is 4.79 Å². The highest BCUT2D eigenvalue weighted by Gasteiger charge is 2.23. The zero-order chi connectivity index (χ0) is 16.7. The minimum absolute atomic E-state index is 0. The van der Waals surface area contributed by atoms with E-state index in [2.05, 4.69) is 37.8 Å². The first kappa shape index (κ1) is 21.1. The molecule has 0 aromatic carbocycles. The summed E-state index contributed by atoms with van der Waals surface area (Å²) in [7, 11) is 3.52. The summed E-state index contributed by atoms with van der Waals surface area (Å²) in [4.78, 5) is 22.7. The predicted octanol–water partition coefficient (Wildman–Crippen LogP) is 2.25. The largest absolute Gasteiger partial charge is 0.359 e. The molecule has 0 bridgehead atoms. The van der Waals surface area contributed by atoms with Crippen LogP contribution < -0.4 is 10.6 Å². The number of carbonyl (C=O) groups is 1. The number of guanidine groups is 1. The van der Waals surface area contributed by atoms with Crippen LogP contribution in [0.4, 0.5) is 0 Å². The molecule has 0 spiro atoms.